The third-order valence-electron chi connectivity index (χ3n) is 5.45. The summed E-state index contributed by atoms with van der Waals surface area (Å²) in [6, 6.07) is 0. The topological polar surface area (TPSA) is 0 Å². The molecular weight excluding hydrogens is 343 g/mol. The molecule has 0 bridgehead atoms. The molecule has 0 aromatic heterocycles. The average molecular weight is 366 g/mol. The quantitative estimate of drug-likeness (QED) is 0.704. The SMILES string of the molecule is C1=CCC2CC[CH]([Zr+2][CH]3CCC4CC=CC=C43)C2=C1.[Cl-].[H-]. The van der Waals surface area contributed by atoms with E-state index in [0.717, 1.165) is 19.1 Å². The molecule has 0 saturated heterocycles. The molecule has 0 nitrogen and oxygen atoms in total. The predicted molar refractivity (Wildman–Crippen MR) is 77.7 cm³/mol. The van der Waals surface area contributed by atoms with Crippen LogP contribution in [0.5, 0.6) is 0 Å². The second kappa shape index (κ2) is 6.49. The van der Waals surface area contributed by atoms with Crippen molar-refractivity contribution in [2.24, 2.45) is 11.8 Å². The van der Waals surface area contributed by atoms with Gasteiger partial charge in [0, 0.05) is 0 Å². The maximum Gasteiger partial charge on any atom is -1.00 e. The van der Waals surface area contributed by atoms with Gasteiger partial charge in [0.1, 0.15) is 0 Å². The summed E-state index contributed by atoms with van der Waals surface area (Å²) in [5.74, 6) is 1.88. The molecule has 0 aliphatic heterocycles. The van der Waals surface area contributed by atoms with Crippen LogP contribution in [-0.4, -0.2) is 0 Å². The smallest absolute Gasteiger partial charge is 1.00 e. The van der Waals surface area contributed by atoms with Crippen molar-refractivity contribution in [1.29, 1.82) is 0 Å². The zero-order valence-electron chi connectivity index (χ0n) is 12.9. The molecule has 2 saturated carbocycles. The Morgan fingerprint density at radius 1 is 0.800 bits per heavy atom. The Bertz CT molecular complexity index is 447. The summed E-state index contributed by atoms with van der Waals surface area (Å²) in [5, 5.41) is 0. The molecule has 0 spiro atoms. The second-order valence-electron chi connectivity index (χ2n) is 6.48. The minimum absolute atomic E-state index is 0. The van der Waals surface area contributed by atoms with Gasteiger partial charge < -0.3 is 13.8 Å². The van der Waals surface area contributed by atoms with Crippen LogP contribution in [0.1, 0.15) is 40.0 Å². The fourth-order valence-corrected chi connectivity index (χ4v) is 9.84. The third kappa shape index (κ3) is 2.73. The van der Waals surface area contributed by atoms with Crippen LogP contribution < -0.4 is 12.4 Å². The van der Waals surface area contributed by atoms with Crippen molar-refractivity contribution in [1.82, 2.24) is 0 Å². The average Bonchev–Trinajstić information content (AvgIpc) is 3.05. The van der Waals surface area contributed by atoms with Gasteiger partial charge in [0.05, 0.1) is 0 Å². The fraction of sp³-hybridized carbons (Fsp3) is 0.556. The Kier molecular flexibility index (Phi) is 4.88. The molecule has 4 aliphatic carbocycles. The zero-order valence-corrected chi connectivity index (χ0v) is 15.1. The molecule has 4 atom stereocenters. The van der Waals surface area contributed by atoms with Crippen LogP contribution in [0.25, 0.3) is 0 Å². The van der Waals surface area contributed by atoms with E-state index in [4.69, 9.17) is 0 Å². The van der Waals surface area contributed by atoms with E-state index in [9.17, 15) is 0 Å². The normalized spacial score (nSPS) is 37.4. The zero-order chi connectivity index (χ0) is 12.7. The van der Waals surface area contributed by atoms with Gasteiger partial charge in [0.15, 0.2) is 0 Å². The minimum Gasteiger partial charge on any atom is -1.00 e. The maximum absolute atomic E-state index is 2.48. The first-order valence-corrected chi connectivity index (χ1v) is 10.7. The molecular formula is C18H23ClZr. The summed E-state index contributed by atoms with van der Waals surface area (Å²) in [6.07, 6.45) is 23.0. The van der Waals surface area contributed by atoms with E-state index >= 15 is 0 Å². The molecule has 4 rings (SSSR count). The molecule has 0 heterocycles. The third-order valence-corrected chi connectivity index (χ3v) is 10.5. The molecule has 0 amide bonds. The van der Waals surface area contributed by atoms with Crippen molar-refractivity contribution in [3.8, 4) is 0 Å². The van der Waals surface area contributed by atoms with Gasteiger partial charge in [-0.3, -0.25) is 0 Å². The van der Waals surface area contributed by atoms with Crippen LogP contribution in [0.15, 0.2) is 47.6 Å². The molecule has 20 heavy (non-hydrogen) atoms. The summed E-state index contributed by atoms with van der Waals surface area (Å²) in [5.41, 5.74) is 3.73. The Labute approximate surface area is 141 Å². The molecule has 0 radical (unpaired) electrons. The summed E-state index contributed by atoms with van der Waals surface area (Å²) >= 11 is -0.287. The standard InChI is InChI=1S/2C9H11.ClH.Zr.H/c2*1-2-5-9-7-3-6-8(9)4-1;;;/h2*1-2,4,6,9H,3,5,7H2;1H;;/q;;;+2;-1/p-1. The molecule has 0 aromatic carbocycles. The van der Waals surface area contributed by atoms with Gasteiger partial charge in [0.25, 0.3) is 0 Å². The van der Waals surface area contributed by atoms with Gasteiger partial charge >= 0.3 is 128 Å². The minimum atomic E-state index is -0.287. The monoisotopic (exact) mass is 364 g/mol. The van der Waals surface area contributed by atoms with Crippen LogP contribution >= 0.6 is 0 Å². The summed E-state index contributed by atoms with van der Waals surface area (Å²) in [6.45, 7) is 0. The van der Waals surface area contributed by atoms with Gasteiger partial charge in [-0.25, -0.2) is 0 Å². The first-order chi connectivity index (χ1) is 9.42. The Morgan fingerprint density at radius 2 is 1.30 bits per heavy atom. The van der Waals surface area contributed by atoms with Crippen LogP contribution in [0.4, 0.5) is 0 Å². The number of allylic oxidation sites excluding steroid dienone is 8. The Balaban J connectivity index is 0.000000807. The van der Waals surface area contributed by atoms with Gasteiger partial charge in [0.2, 0.25) is 0 Å². The van der Waals surface area contributed by atoms with Gasteiger partial charge in [-0.2, -0.15) is 0 Å². The Morgan fingerprint density at radius 3 is 1.80 bits per heavy atom. The van der Waals surface area contributed by atoms with E-state index in [1.807, 2.05) is 11.1 Å². The van der Waals surface area contributed by atoms with Crippen LogP contribution in [-0.2, 0) is 23.2 Å². The van der Waals surface area contributed by atoms with E-state index in [2.05, 4.69) is 36.5 Å². The first kappa shape index (κ1) is 15.0. The van der Waals surface area contributed by atoms with Crippen molar-refractivity contribution >= 4 is 0 Å². The number of hydrogen-bond donors (Lipinski definition) is 0. The van der Waals surface area contributed by atoms with E-state index in [0.29, 0.717) is 0 Å². The van der Waals surface area contributed by atoms with E-state index < -0.39 is 0 Å². The van der Waals surface area contributed by atoms with Gasteiger partial charge in [-0.15, -0.1) is 0 Å². The number of rotatable bonds is 2. The summed E-state index contributed by atoms with van der Waals surface area (Å²) in [7, 11) is 0. The second-order valence-corrected chi connectivity index (χ2v) is 10.7. The maximum atomic E-state index is 2.48. The van der Waals surface area contributed by atoms with E-state index in [1.165, 1.54) is 38.5 Å². The molecule has 106 valence electrons. The predicted octanol–water partition coefficient (Wildman–Crippen LogP) is 2.36. The van der Waals surface area contributed by atoms with Crippen LogP contribution in [0.3, 0.4) is 0 Å². The molecule has 0 N–H and O–H groups in total. The first-order valence-electron chi connectivity index (χ1n) is 7.91. The van der Waals surface area contributed by atoms with E-state index in [-0.39, 0.29) is 37.1 Å². The molecule has 4 aliphatic rings. The molecule has 4 unspecified atom stereocenters. The molecule has 0 aromatic rings. The number of fused-ring (bicyclic) bond motifs is 2. The van der Waals surface area contributed by atoms with Crippen molar-refractivity contribution in [2.45, 2.75) is 45.8 Å². The van der Waals surface area contributed by atoms with Crippen molar-refractivity contribution in [3.05, 3.63) is 47.6 Å². The summed E-state index contributed by atoms with van der Waals surface area (Å²) < 4.78 is 2.13. The fourth-order valence-electron chi connectivity index (χ4n) is 4.43. The van der Waals surface area contributed by atoms with Crippen molar-refractivity contribution in [3.63, 3.8) is 0 Å². The number of hydrogen-bond acceptors (Lipinski definition) is 0. The number of halogens is 1. The van der Waals surface area contributed by atoms with Gasteiger partial charge in [-0.05, 0) is 0 Å². The van der Waals surface area contributed by atoms with Crippen molar-refractivity contribution in [2.75, 3.05) is 0 Å². The van der Waals surface area contributed by atoms with Crippen molar-refractivity contribution < 1.29 is 37.1 Å². The Hall–Kier alpha value is 0.133. The van der Waals surface area contributed by atoms with Crippen LogP contribution in [0.2, 0.25) is 7.25 Å². The summed E-state index contributed by atoms with van der Waals surface area (Å²) in [4.78, 5) is 0. The van der Waals surface area contributed by atoms with E-state index in [1.54, 1.807) is 0 Å². The largest absolute Gasteiger partial charge is 1.00 e. The van der Waals surface area contributed by atoms with Crippen LogP contribution in [0, 0.1) is 11.8 Å². The molecule has 2 heteroatoms. The molecule has 2 fully saturated rings. The van der Waals surface area contributed by atoms with Gasteiger partial charge in [-0.1, -0.05) is 0 Å².